The molecule has 0 fully saturated rings. The number of hydrogen-bond acceptors (Lipinski definition) is 3. The molecule has 88 valence electrons. The van der Waals surface area contributed by atoms with Gasteiger partial charge in [0.25, 0.3) is 0 Å². The fourth-order valence-corrected chi connectivity index (χ4v) is 1.34. The van der Waals surface area contributed by atoms with Crippen LogP contribution < -0.4 is 10.5 Å². The minimum Gasteiger partial charge on any atom is -0.487 e. The van der Waals surface area contributed by atoms with Gasteiger partial charge in [-0.2, -0.15) is 0 Å². The van der Waals surface area contributed by atoms with Crippen LogP contribution in [0.2, 0.25) is 0 Å². The van der Waals surface area contributed by atoms with E-state index in [4.69, 9.17) is 10.5 Å². The minimum atomic E-state index is -0.680. The van der Waals surface area contributed by atoms with Gasteiger partial charge in [0.05, 0.1) is 5.69 Å². The van der Waals surface area contributed by atoms with E-state index < -0.39 is 11.6 Å². The summed E-state index contributed by atoms with van der Waals surface area (Å²) < 4.78 is 30.9. The summed E-state index contributed by atoms with van der Waals surface area (Å²) >= 11 is 0. The average Bonchev–Trinajstić information content (AvgIpc) is 2.25. The average molecular weight is 236 g/mol. The smallest absolute Gasteiger partial charge is 0.130 e. The van der Waals surface area contributed by atoms with Crippen molar-refractivity contribution in [3.05, 3.63) is 53.9 Å². The molecule has 1 heterocycles. The molecule has 2 aromatic rings. The third-order valence-electron chi connectivity index (χ3n) is 2.06. The van der Waals surface area contributed by atoms with Gasteiger partial charge in [0.1, 0.15) is 24.0 Å². The van der Waals surface area contributed by atoms with Crippen LogP contribution in [0.3, 0.4) is 0 Å². The summed E-state index contributed by atoms with van der Waals surface area (Å²) in [6.07, 6.45) is 1.54. The highest BCUT2D eigenvalue weighted by atomic mass is 19.1. The standard InChI is InChI=1S/C12H10F2N2O/c13-8-3-9(14)5-12(4-8)17-7-11-6-10(15)1-2-16-11/h1-6H,7H2,(H2,15,16). The molecule has 0 aliphatic carbocycles. The zero-order valence-electron chi connectivity index (χ0n) is 8.86. The Morgan fingerprint density at radius 1 is 1.12 bits per heavy atom. The maximum Gasteiger partial charge on any atom is 0.130 e. The van der Waals surface area contributed by atoms with E-state index >= 15 is 0 Å². The molecule has 0 saturated heterocycles. The van der Waals surface area contributed by atoms with E-state index in [2.05, 4.69) is 4.98 Å². The van der Waals surface area contributed by atoms with Crippen LogP contribution in [0.4, 0.5) is 14.5 Å². The number of benzene rings is 1. The summed E-state index contributed by atoms with van der Waals surface area (Å²) in [6.45, 7) is 0.105. The Labute approximate surface area is 96.9 Å². The first-order chi connectivity index (χ1) is 8.13. The number of pyridine rings is 1. The zero-order chi connectivity index (χ0) is 12.3. The first kappa shape index (κ1) is 11.3. The van der Waals surface area contributed by atoms with Crippen LogP contribution in [0.1, 0.15) is 5.69 Å². The van der Waals surface area contributed by atoms with Crippen molar-refractivity contribution in [1.29, 1.82) is 0 Å². The summed E-state index contributed by atoms with van der Waals surface area (Å²) in [5.74, 6) is -1.24. The molecule has 0 saturated carbocycles. The molecule has 0 aliphatic rings. The lowest BCUT2D eigenvalue weighted by Crippen LogP contribution is -2.00. The molecule has 0 atom stereocenters. The molecule has 2 N–H and O–H groups in total. The molecule has 2 rings (SSSR count). The summed E-state index contributed by atoms with van der Waals surface area (Å²) in [6, 6.07) is 6.28. The van der Waals surface area contributed by atoms with E-state index in [-0.39, 0.29) is 12.4 Å². The fraction of sp³-hybridized carbons (Fsp3) is 0.0833. The van der Waals surface area contributed by atoms with E-state index in [0.717, 1.165) is 18.2 Å². The summed E-state index contributed by atoms with van der Waals surface area (Å²) in [5.41, 5.74) is 6.71. The minimum absolute atomic E-state index is 0.105. The third kappa shape index (κ3) is 3.14. The molecule has 3 nitrogen and oxygen atoms in total. The molecule has 0 spiro atoms. The zero-order valence-corrected chi connectivity index (χ0v) is 8.86. The van der Waals surface area contributed by atoms with Gasteiger partial charge in [-0.05, 0) is 12.1 Å². The van der Waals surface area contributed by atoms with Crippen LogP contribution in [0.5, 0.6) is 5.75 Å². The molecule has 0 bridgehead atoms. The second kappa shape index (κ2) is 4.78. The number of nitrogens with two attached hydrogens (primary N) is 1. The van der Waals surface area contributed by atoms with Crippen molar-refractivity contribution in [2.24, 2.45) is 0 Å². The second-order valence-electron chi connectivity index (χ2n) is 3.47. The molecule has 0 amide bonds. The van der Waals surface area contributed by atoms with Crippen molar-refractivity contribution in [2.75, 3.05) is 5.73 Å². The van der Waals surface area contributed by atoms with Gasteiger partial charge in [0.15, 0.2) is 0 Å². The predicted molar refractivity (Wildman–Crippen MR) is 59.3 cm³/mol. The Bertz CT molecular complexity index is 511. The normalized spacial score (nSPS) is 10.2. The second-order valence-corrected chi connectivity index (χ2v) is 3.47. The lowest BCUT2D eigenvalue weighted by atomic mass is 10.3. The monoisotopic (exact) mass is 236 g/mol. The Morgan fingerprint density at radius 3 is 2.47 bits per heavy atom. The van der Waals surface area contributed by atoms with Gasteiger partial charge >= 0.3 is 0 Å². The topological polar surface area (TPSA) is 48.1 Å². The highest BCUT2D eigenvalue weighted by Gasteiger charge is 2.02. The molecule has 0 aliphatic heterocycles. The first-order valence-corrected chi connectivity index (χ1v) is 4.93. The van der Waals surface area contributed by atoms with Crippen LogP contribution in [-0.2, 0) is 6.61 Å². The Balaban J connectivity index is 2.07. The van der Waals surface area contributed by atoms with Gasteiger partial charge < -0.3 is 10.5 Å². The lowest BCUT2D eigenvalue weighted by Gasteiger charge is -2.06. The van der Waals surface area contributed by atoms with Crippen LogP contribution in [0.15, 0.2) is 36.5 Å². The van der Waals surface area contributed by atoms with Crippen molar-refractivity contribution in [3.8, 4) is 5.75 Å². The van der Waals surface area contributed by atoms with Crippen molar-refractivity contribution in [3.63, 3.8) is 0 Å². The largest absolute Gasteiger partial charge is 0.487 e. The Kier molecular flexibility index (Phi) is 3.18. The van der Waals surface area contributed by atoms with E-state index in [9.17, 15) is 8.78 Å². The molecular weight excluding hydrogens is 226 g/mol. The lowest BCUT2D eigenvalue weighted by molar-refractivity contribution is 0.298. The number of nitrogen functional groups attached to an aromatic ring is 1. The van der Waals surface area contributed by atoms with E-state index in [1.54, 1.807) is 18.3 Å². The van der Waals surface area contributed by atoms with Crippen LogP contribution in [0, 0.1) is 11.6 Å². The molecule has 5 heteroatoms. The van der Waals surface area contributed by atoms with Gasteiger partial charge in [0, 0.05) is 30.1 Å². The van der Waals surface area contributed by atoms with E-state index in [1.165, 1.54) is 0 Å². The summed E-state index contributed by atoms with van der Waals surface area (Å²) in [5, 5.41) is 0. The van der Waals surface area contributed by atoms with E-state index in [0.29, 0.717) is 11.4 Å². The Hall–Kier alpha value is -2.17. The van der Waals surface area contributed by atoms with Gasteiger partial charge in [-0.1, -0.05) is 0 Å². The summed E-state index contributed by atoms with van der Waals surface area (Å²) in [4.78, 5) is 4.01. The number of anilines is 1. The number of hydrogen-bond donors (Lipinski definition) is 1. The summed E-state index contributed by atoms with van der Waals surface area (Å²) in [7, 11) is 0. The SMILES string of the molecule is Nc1ccnc(COc2cc(F)cc(F)c2)c1. The fourth-order valence-electron chi connectivity index (χ4n) is 1.34. The van der Waals surface area contributed by atoms with Crippen molar-refractivity contribution in [1.82, 2.24) is 4.98 Å². The van der Waals surface area contributed by atoms with Crippen LogP contribution >= 0.6 is 0 Å². The molecule has 17 heavy (non-hydrogen) atoms. The highest BCUT2D eigenvalue weighted by Crippen LogP contribution is 2.16. The van der Waals surface area contributed by atoms with Crippen LogP contribution in [0.25, 0.3) is 0 Å². The van der Waals surface area contributed by atoms with Crippen molar-refractivity contribution >= 4 is 5.69 Å². The number of rotatable bonds is 3. The molecule has 1 aromatic heterocycles. The van der Waals surface area contributed by atoms with Gasteiger partial charge in [-0.3, -0.25) is 4.98 Å². The van der Waals surface area contributed by atoms with Crippen molar-refractivity contribution in [2.45, 2.75) is 6.61 Å². The quantitative estimate of drug-likeness (QED) is 0.890. The third-order valence-corrected chi connectivity index (χ3v) is 2.06. The molecular formula is C12H10F2N2O. The molecule has 0 unspecified atom stereocenters. The first-order valence-electron chi connectivity index (χ1n) is 4.93. The van der Waals surface area contributed by atoms with Gasteiger partial charge in [-0.15, -0.1) is 0 Å². The molecule has 0 radical (unpaired) electrons. The predicted octanol–water partition coefficient (Wildman–Crippen LogP) is 2.52. The maximum atomic E-state index is 12.9. The van der Waals surface area contributed by atoms with Gasteiger partial charge in [0.2, 0.25) is 0 Å². The highest BCUT2D eigenvalue weighted by molar-refractivity contribution is 5.37. The van der Waals surface area contributed by atoms with Gasteiger partial charge in [-0.25, -0.2) is 8.78 Å². The maximum absolute atomic E-state index is 12.9. The number of halogens is 2. The number of ether oxygens (including phenoxy) is 1. The van der Waals surface area contributed by atoms with Crippen LogP contribution in [-0.4, -0.2) is 4.98 Å². The van der Waals surface area contributed by atoms with Crippen molar-refractivity contribution < 1.29 is 13.5 Å². The molecule has 1 aromatic carbocycles. The van der Waals surface area contributed by atoms with E-state index in [1.807, 2.05) is 0 Å². The number of nitrogens with zero attached hydrogens (tertiary/aromatic N) is 1. The number of aromatic nitrogens is 1. The Morgan fingerprint density at radius 2 is 1.82 bits per heavy atom.